The van der Waals surface area contributed by atoms with Gasteiger partial charge in [-0.05, 0) is 79.2 Å². The van der Waals surface area contributed by atoms with Crippen molar-refractivity contribution in [2.75, 3.05) is 13.2 Å². The number of carbonyl (C=O) groups excluding carboxylic acids is 3. The van der Waals surface area contributed by atoms with Gasteiger partial charge in [-0.2, -0.15) is 0 Å². The van der Waals surface area contributed by atoms with Gasteiger partial charge >= 0.3 is 11.9 Å². The molecule has 4 aliphatic heterocycles. The number of fused-ring (bicyclic) bond motifs is 6. The van der Waals surface area contributed by atoms with E-state index < -0.39 is 28.9 Å². The lowest BCUT2D eigenvalue weighted by Gasteiger charge is -2.53. The second-order valence-electron chi connectivity index (χ2n) is 21.2. The molecular weight excluding hydrogens is 837 g/mol. The molecule has 14 nitrogen and oxygen atoms in total. The summed E-state index contributed by atoms with van der Waals surface area (Å²) in [6.07, 6.45) is 10.5. The van der Waals surface area contributed by atoms with Crippen LogP contribution in [0.2, 0.25) is 0 Å². The third kappa shape index (κ3) is 9.75. The molecule has 5 N–H and O–H groups in total. The van der Waals surface area contributed by atoms with Crippen LogP contribution in [0.25, 0.3) is 33.6 Å². The number of ether oxygens (including phenoxy) is 4. The number of carbonyl (C=O) groups is 3. The van der Waals surface area contributed by atoms with Gasteiger partial charge in [0.2, 0.25) is 0 Å². The van der Waals surface area contributed by atoms with Gasteiger partial charge in [0.1, 0.15) is 36.7 Å². The minimum absolute atomic E-state index is 0.00680. The first-order valence-electron chi connectivity index (χ1n) is 24.2. The molecule has 4 saturated heterocycles. The first kappa shape index (κ1) is 47.6. The van der Waals surface area contributed by atoms with Gasteiger partial charge in [0.05, 0.1) is 35.7 Å². The van der Waals surface area contributed by atoms with E-state index in [1.807, 2.05) is 24.5 Å². The number of aliphatic hydroxyl groups excluding tert-OH is 1. The van der Waals surface area contributed by atoms with E-state index in [-0.39, 0.29) is 79.4 Å². The summed E-state index contributed by atoms with van der Waals surface area (Å²) in [5, 5.41) is 18.7. The largest absolute Gasteiger partial charge is 0.462 e. The number of aliphatic hydroxyl groups is 1. The Morgan fingerprint density at radius 1 is 0.667 bits per heavy atom. The summed E-state index contributed by atoms with van der Waals surface area (Å²) in [7, 11) is 0. The Hall–Kier alpha value is -4.89. The van der Waals surface area contributed by atoms with E-state index in [0.717, 1.165) is 85.0 Å². The van der Waals surface area contributed by atoms with E-state index in [2.05, 4.69) is 98.5 Å². The average molecular weight is 907 g/mol. The highest BCUT2D eigenvalue weighted by Gasteiger charge is 2.57. The van der Waals surface area contributed by atoms with Crippen molar-refractivity contribution < 1.29 is 38.4 Å². The zero-order valence-electron chi connectivity index (χ0n) is 40.0. The Bertz CT molecular complexity index is 2310. The Morgan fingerprint density at radius 2 is 1.11 bits per heavy atom. The van der Waals surface area contributed by atoms with Crippen LogP contribution in [-0.4, -0.2) is 85.7 Å². The van der Waals surface area contributed by atoms with Gasteiger partial charge in [-0.3, -0.25) is 19.7 Å². The number of benzene rings is 2. The first-order chi connectivity index (χ1) is 31.4. The molecule has 2 aromatic heterocycles. The lowest BCUT2D eigenvalue weighted by atomic mass is 9.71. The summed E-state index contributed by atoms with van der Waals surface area (Å²) < 4.78 is 24.3. The van der Waals surface area contributed by atoms with Crippen LogP contribution in [0.5, 0.6) is 0 Å². The van der Waals surface area contributed by atoms with Crippen molar-refractivity contribution in [3.63, 3.8) is 0 Å². The van der Waals surface area contributed by atoms with Crippen LogP contribution in [0, 0.1) is 22.7 Å². The summed E-state index contributed by atoms with van der Waals surface area (Å²) in [6.45, 7) is 15.9. The predicted octanol–water partition coefficient (Wildman–Crippen LogP) is 8.89. The highest BCUT2D eigenvalue weighted by atomic mass is 16.6. The van der Waals surface area contributed by atoms with Gasteiger partial charge in [-0.25, -0.2) is 9.97 Å². The number of amides is 1. The van der Waals surface area contributed by atoms with Crippen LogP contribution in [-0.2, 0) is 33.3 Å². The SMILES string of the molecule is CCC(=O)OCC1(C(=O)N[C@H](c2nc(-c3ccc(-c4ccc(-c5c[nH]c([C@@H](NC(O)C6(COC(=O)CC)OC7CCC6CC7)C(C)(C)C)n5)cc4)cc3)c[nH]2)C(C)(C)C)OC2CCC1CC2. The van der Waals surface area contributed by atoms with Crippen molar-refractivity contribution in [2.45, 2.75) is 161 Å². The summed E-state index contributed by atoms with van der Waals surface area (Å²) in [5.74, 6) is 0.454. The third-order valence-electron chi connectivity index (χ3n) is 14.6. The molecule has 2 aliphatic carbocycles. The lowest BCUT2D eigenvalue weighted by Crippen LogP contribution is -2.66. The zero-order valence-corrected chi connectivity index (χ0v) is 40.0. The molecule has 0 spiro atoms. The number of nitrogens with one attached hydrogen (secondary N) is 4. The van der Waals surface area contributed by atoms with Gasteiger partial charge < -0.3 is 39.3 Å². The molecule has 14 heteroatoms. The number of hydrogen-bond acceptors (Lipinski definition) is 11. The second-order valence-corrected chi connectivity index (χ2v) is 21.2. The summed E-state index contributed by atoms with van der Waals surface area (Å²) in [4.78, 5) is 55.6. The number of H-pyrrole nitrogens is 2. The van der Waals surface area contributed by atoms with Gasteiger partial charge in [0.15, 0.2) is 5.60 Å². The Labute approximate surface area is 389 Å². The Balaban J connectivity index is 0.945. The molecule has 4 aromatic rings. The number of nitrogens with zero attached hydrogens (tertiary/aromatic N) is 2. The molecule has 6 aliphatic rings. The van der Waals surface area contributed by atoms with Crippen LogP contribution < -0.4 is 10.6 Å². The number of imidazole rings is 2. The van der Waals surface area contributed by atoms with Crippen molar-refractivity contribution >= 4 is 17.8 Å². The van der Waals surface area contributed by atoms with E-state index in [4.69, 9.17) is 28.9 Å². The maximum Gasteiger partial charge on any atom is 0.305 e. The maximum absolute atomic E-state index is 14.3. The fourth-order valence-electron chi connectivity index (χ4n) is 10.6. The third-order valence-corrected chi connectivity index (χ3v) is 14.6. The van der Waals surface area contributed by atoms with Crippen LogP contribution >= 0.6 is 0 Å². The zero-order chi connectivity index (χ0) is 47.0. The Kier molecular flexibility index (Phi) is 13.7. The first-order valence-corrected chi connectivity index (χ1v) is 24.2. The highest BCUT2D eigenvalue weighted by Crippen LogP contribution is 2.48. The lowest BCUT2D eigenvalue weighted by molar-refractivity contribution is -0.265. The molecule has 356 valence electrons. The number of aromatic nitrogens is 4. The summed E-state index contributed by atoms with van der Waals surface area (Å²) in [5.41, 5.74) is 2.51. The van der Waals surface area contributed by atoms with Gasteiger partial charge in [0, 0.05) is 42.3 Å². The molecular formula is C52H70N6O8. The van der Waals surface area contributed by atoms with Crippen molar-refractivity contribution in [1.82, 2.24) is 30.6 Å². The molecule has 5 atom stereocenters. The maximum atomic E-state index is 14.3. The van der Waals surface area contributed by atoms with Gasteiger partial charge in [-0.15, -0.1) is 0 Å². The van der Waals surface area contributed by atoms with Gasteiger partial charge in [-0.1, -0.05) is 104 Å². The number of hydrogen-bond donors (Lipinski definition) is 5. The molecule has 10 rings (SSSR count). The van der Waals surface area contributed by atoms with E-state index >= 15 is 0 Å². The monoisotopic (exact) mass is 907 g/mol. The van der Waals surface area contributed by atoms with Crippen LogP contribution in [0.15, 0.2) is 60.9 Å². The standard InChI is InChI=1S/C52H70N6O8/c1-9-41(59)63-29-51(35-19-23-37(65-51)24-20-35)47(61)57-43(49(3,4)5)45-53-27-39(55-45)33-15-11-31(12-16-33)32-13-17-34(18-14-32)40-28-54-46(56-40)44(50(6,7)8)58-48(62)52(30-64-42(60)10-2)36-21-25-38(66-52)26-22-36/h11-18,27-28,35-38,43-44,47,57,61H,9-10,19-26,29-30H2,1-8H3,(H,53,55)(H,54,56)(H,58,62)/t35?,36?,37?,38?,43-,44-,47?,51?,52?/m1/s1. The van der Waals surface area contributed by atoms with Crippen molar-refractivity contribution in [3.05, 3.63) is 72.6 Å². The normalized spacial score (nSPS) is 26.4. The number of aromatic amines is 2. The highest BCUT2D eigenvalue weighted by molar-refractivity contribution is 5.87. The fraction of sp³-hybridized carbons (Fsp3) is 0.596. The minimum atomic E-state index is -1.22. The van der Waals surface area contributed by atoms with E-state index in [1.165, 1.54) is 0 Å². The summed E-state index contributed by atoms with van der Waals surface area (Å²) in [6, 6.07) is 15.7. The van der Waals surface area contributed by atoms with Crippen LogP contribution in [0.4, 0.5) is 0 Å². The number of rotatable bonds is 16. The molecule has 3 unspecified atom stereocenters. The molecule has 1 amide bonds. The second kappa shape index (κ2) is 19.0. The molecule has 2 aromatic carbocycles. The topological polar surface area (TPSA) is 190 Å². The summed E-state index contributed by atoms with van der Waals surface area (Å²) >= 11 is 0. The molecule has 6 fully saturated rings. The fourth-order valence-corrected chi connectivity index (χ4v) is 10.6. The minimum Gasteiger partial charge on any atom is -0.462 e. The molecule has 66 heavy (non-hydrogen) atoms. The number of esters is 2. The van der Waals surface area contributed by atoms with E-state index in [9.17, 15) is 19.5 Å². The Morgan fingerprint density at radius 3 is 1.53 bits per heavy atom. The van der Waals surface area contributed by atoms with E-state index in [1.54, 1.807) is 13.8 Å². The molecule has 4 bridgehead atoms. The quantitative estimate of drug-likeness (QED) is 0.0533. The molecule has 6 heterocycles. The molecule has 2 saturated carbocycles. The van der Waals surface area contributed by atoms with Crippen molar-refractivity contribution in [2.24, 2.45) is 22.7 Å². The van der Waals surface area contributed by atoms with Crippen LogP contribution in [0.3, 0.4) is 0 Å². The van der Waals surface area contributed by atoms with Crippen molar-refractivity contribution in [1.29, 1.82) is 0 Å². The molecule has 0 radical (unpaired) electrons. The van der Waals surface area contributed by atoms with Crippen molar-refractivity contribution in [3.8, 4) is 33.6 Å². The predicted molar refractivity (Wildman–Crippen MR) is 250 cm³/mol. The van der Waals surface area contributed by atoms with Crippen LogP contribution in [0.1, 0.15) is 143 Å². The average Bonchev–Trinajstić information content (AvgIpc) is 4.02. The van der Waals surface area contributed by atoms with Gasteiger partial charge in [0.25, 0.3) is 5.91 Å². The van der Waals surface area contributed by atoms with E-state index in [0.29, 0.717) is 11.6 Å². The smallest absolute Gasteiger partial charge is 0.305 e.